The Kier molecular flexibility index (Phi) is 12.2. The number of aliphatic hydroxyl groups excluding tert-OH is 1. The van der Waals surface area contributed by atoms with E-state index < -0.39 is 12.1 Å². The molecule has 1 heterocycles. The van der Waals surface area contributed by atoms with Crippen LogP contribution < -0.4 is 4.90 Å². The summed E-state index contributed by atoms with van der Waals surface area (Å²) in [7, 11) is 1.54. The molecule has 1 N–H and O–H groups in total. The second-order valence-electron chi connectivity index (χ2n) is 7.73. The van der Waals surface area contributed by atoms with Gasteiger partial charge >= 0.3 is 6.03 Å². The van der Waals surface area contributed by atoms with Gasteiger partial charge in [0.1, 0.15) is 6.04 Å². The number of aliphatic hydroxyl groups is 1. The molecule has 2 unspecified atom stereocenters. The van der Waals surface area contributed by atoms with Crippen LogP contribution in [0.25, 0.3) is 0 Å². The van der Waals surface area contributed by atoms with E-state index in [2.05, 4.69) is 13.8 Å². The van der Waals surface area contributed by atoms with Crippen LogP contribution in [-0.2, 0) is 37.5 Å². The standard InChI is InChI=1S/C23H35N2O3.Y/c1-4-6-8-10-12-20-22(27)24(3)23(28)25(20)19-16-14-18(15-17-19)21(26)13-11-9-7-5-2;/h14-17,20-21,26H,1,4-13H2,2-3H3;/q-1;. The van der Waals surface area contributed by atoms with E-state index in [1.807, 2.05) is 24.3 Å². The number of unbranched alkanes of at least 4 members (excludes halogenated alkanes) is 6. The summed E-state index contributed by atoms with van der Waals surface area (Å²) in [5, 5.41) is 10.4. The average molecular weight is 476 g/mol. The van der Waals surface area contributed by atoms with E-state index in [-0.39, 0.29) is 44.6 Å². The van der Waals surface area contributed by atoms with Crippen molar-refractivity contribution in [1.29, 1.82) is 0 Å². The number of nitrogens with zero attached hydrogens (tertiary/aromatic N) is 2. The van der Waals surface area contributed by atoms with E-state index in [0.29, 0.717) is 12.1 Å². The number of carbonyl (C=O) groups is 2. The molecule has 3 amide bonds. The zero-order chi connectivity index (χ0) is 20.5. The second-order valence-corrected chi connectivity index (χ2v) is 7.73. The Bertz CT molecular complexity index is 636. The molecule has 0 spiro atoms. The summed E-state index contributed by atoms with van der Waals surface area (Å²) < 4.78 is 0. The molecular weight excluding hydrogens is 441 g/mol. The Hall–Kier alpha value is -0.776. The number of hydrogen-bond donors (Lipinski definition) is 1. The molecule has 0 saturated carbocycles. The zero-order valence-electron chi connectivity index (χ0n) is 18.0. The first kappa shape index (κ1) is 26.3. The van der Waals surface area contributed by atoms with Crippen molar-refractivity contribution in [1.82, 2.24) is 4.90 Å². The summed E-state index contributed by atoms with van der Waals surface area (Å²) in [5.41, 5.74) is 1.57. The van der Waals surface area contributed by atoms with Gasteiger partial charge < -0.3 is 12.0 Å². The maximum Gasteiger partial charge on any atom is 0.331 e. The molecule has 1 aliphatic heterocycles. The van der Waals surface area contributed by atoms with Gasteiger partial charge in [-0.15, -0.1) is 0 Å². The minimum absolute atomic E-state index is 0. The van der Waals surface area contributed by atoms with Gasteiger partial charge in [0.15, 0.2) is 0 Å². The molecule has 1 aromatic rings. The van der Waals surface area contributed by atoms with Gasteiger partial charge in [0.05, 0.1) is 6.10 Å². The number of urea groups is 1. The normalized spacial score (nSPS) is 17.6. The molecule has 159 valence electrons. The summed E-state index contributed by atoms with van der Waals surface area (Å²) in [6.45, 7) is 6.02. The van der Waals surface area contributed by atoms with Crippen molar-refractivity contribution in [2.24, 2.45) is 0 Å². The molecule has 1 aromatic carbocycles. The summed E-state index contributed by atoms with van der Waals surface area (Å²) in [6.07, 6.45) is 9.30. The van der Waals surface area contributed by atoms with Crippen molar-refractivity contribution < 1.29 is 47.4 Å². The maximum atomic E-state index is 12.6. The predicted molar refractivity (Wildman–Crippen MR) is 113 cm³/mol. The van der Waals surface area contributed by atoms with E-state index in [0.717, 1.165) is 50.5 Å². The largest absolute Gasteiger partial charge is 0.388 e. The van der Waals surface area contributed by atoms with E-state index in [9.17, 15) is 14.7 Å². The van der Waals surface area contributed by atoms with Crippen LogP contribution in [0.4, 0.5) is 10.5 Å². The van der Waals surface area contributed by atoms with E-state index in [1.54, 1.807) is 11.9 Å². The fourth-order valence-corrected chi connectivity index (χ4v) is 3.75. The van der Waals surface area contributed by atoms with Crippen LogP contribution in [0, 0.1) is 6.92 Å². The summed E-state index contributed by atoms with van der Waals surface area (Å²) in [5.74, 6) is -0.139. The SMILES string of the molecule is [CH2-]CCCCCC1C(=O)N(C)C(=O)N1c1ccc(C(O)CCCCCC)cc1.[Y]. The van der Waals surface area contributed by atoms with E-state index in [1.165, 1.54) is 17.7 Å². The molecule has 1 fully saturated rings. The summed E-state index contributed by atoms with van der Waals surface area (Å²) in [6, 6.07) is 6.72. The molecular formula is C23H35N2O3Y-. The summed E-state index contributed by atoms with van der Waals surface area (Å²) >= 11 is 0. The van der Waals surface area contributed by atoms with Crippen LogP contribution >= 0.6 is 0 Å². The minimum Gasteiger partial charge on any atom is -0.388 e. The van der Waals surface area contributed by atoms with Gasteiger partial charge in [0, 0.05) is 45.4 Å². The fraction of sp³-hybridized carbons (Fsp3) is 0.609. The molecule has 5 nitrogen and oxygen atoms in total. The van der Waals surface area contributed by atoms with Crippen LogP contribution in [0.2, 0.25) is 0 Å². The van der Waals surface area contributed by atoms with Crippen LogP contribution in [0.1, 0.15) is 82.8 Å². The van der Waals surface area contributed by atoms with Gasteiger partial charge in [0.2, 0.25) is 0 Å². The Balaban J connectivity index is 0.00000420. The third kappa shape index (κ3) is 7.15. The number of benzene rings is 1. The first-order valence-corrected chi connectivity index (χ1v) is 10.7. The maximum absolute atomic E-state index is 12.6. The average Bonchev–Trinajstić information content (AvgIpc) is 2.92. The number of anilines is 1. The third-order valence-corrected chi connectivity index (χ3v) is 5.54. The number of carbonyl (C=O) groups excluding carboxylic acids is 2. The van der Waals surface area contributed by atoms with Gasteiger partial charge in [-0.3, -0.25) is 14.6 Å². The minimum atomic E-state index is -0.483. The van der Waals surface area contributed by atoms with Crippen molar-refractivity contribution in [3.63, 3.8) is 0 Å². The monoisotopic (exact) mass is 476 g/mol. The summed E-state index contributed by atoms with van der Waals surface area (Å²) in [4.78, 5) is 27.9. The smallest absolute Gasteiger partial charge is 0.331 e. The topological polar surface area (TPSA) is 60.9 Å². The molecule has 0 bridgehead atoms. The van der Waals surface area contributed by atoms with Crippen molar-refractivity contribution >= 4 is 17.6 Å². The molecule has 2 atom stereocenters. The third-order valence-electron chi connectivity index (χ3n) is 5.54. The zero-order valence-corrected chi connectivity index (χ0v) is 20.8. The van der Waals surface area contributed by atoms with Crippen molar-refractivity contribution in [3.8, 4) is 0 Å². The van der Waals surface area contributed by atoms with Gasteiger partial charge in [-0.2, -0.15) is 6.42 Å². The van der Waals surface area contributed by atoms with Crippen molar-refractivity contribution in [3.05, 3.63) is 36.8 Å². The molecule has 2 rings (SSSR count). The molecule has 1 saturated heterocycles. The van der Waals surface area contributed by atoms with Gasteiger partial charge in [0.25, 0.3) is 5.91 Å². The van der Waals surface area contributed by atoms with Gasteiger partial charge in [-0.05, 0) is 30.5 Å². The number of amides is 3. The van der Waals surface area contributed by atoms with E-state index in [4.69, 9.17) is 0 Å². The van der Waals surface area contributed by atoms with Crippen molar-refractivity contribution in [2.75, 3.05) is 11.9 Å². The Morgan fingerprint density at radius 1 is 1.03 bits per heavy atom. The molecule has 0 aliphatic carbocycles. The van der Waals surface area contributed by atoms with Gasteiger partial charge in [-0.25, -0.2) is 4.79 Å². The van der Waals surface area contributed by atoms with Gasteiger partial charge in [-0.1, -0.05) is 64.0 Å². The number of rotatable bonds is 12. The molecule has 1 radical (unpaired) electrons. The van der Waals surface area contributed by atoms with Crippen LogP contribution in [0.15, 0.2) is 24.3 Å². The fourth-order valence-electron chi connectivity index (χ4n) is 3.75. The quantitative estimate of drug-likeness (QED) is 0.255. The molecule has 0 aromatic heterocycles. The Morgan fingerprint density at radius 3 is 2.31 bits per heavy atom. The van der Waals surface area contributed by atoms with Crippen LogP contribution in [-0.4, -0.2) is 35.0 Å². The number of hydrogen-bond acceptors (Lipinski definition) is 3. The van der Waals surface area contributed by atoms with Crippen LogP contribution in [0.3, 0.4) is 0 Å². The van der Waals surface area contributed by atoms with E-state index >= 15 is 0 Å². The molecule has 29 heavy (non-hydrogen) atoms. The Labute approximate surface area is 201 Å². The van der Waals surface area contributed by atoms with Crippen LogP contribution in [0.5, 0.6) is 0 Å². The van der Waals surface area contributed by atoms with Crippen molar-refractivity contribution in [2.45, 2.75) is 83.3 Å². The first-order valence-electron chi connectivity index (χ1n) is 10.7. The Morgan fingerprint density at radius 2 is 1.69 bits per heavy atom. The first-order chi connectivity index (χ1) is 13.5. The molecule has 1 aliphatic rings. The predicted octanol–water partition coefficient (Wildman–Crippen LogP) is 5.24. The number of imide groups is 1. The second kappa shape index (κ2) is 13.5. The molecule has 6 heteroatoms. The number of likely N-dealkylation sites (N-methyl/N-ethyl adjacent to an activating group) is 1.